The van der Waals surface area contributed by atoms with Crippen LogP contribution in [0.1, 0.15) is 44.3 Å². The number of carbonyl (C=O) groups is 1. The lowest BCUT2D eigenvalue weighted by atomic mass is 9.75. The number of nitrogens with zero attached hydrogens (tertiary/aromatic N) is 2. The molecule has 0 spiro atoms. The summed E-state index contributed by atoms with van der Waals surface area (Å²) < 4.78 is 0. The normalized spacial score (nSPS) is 36.4. The van der Waals surface area contributed by atoms with Gasteiger partial charge in [0.05, 0.1) is 5.41 Å². The second kappa shape index (κ2) is 3.96. The van der Waals surface area contributed by atoms with E-state index in [-0.39, 0.29) is 17.0 Å². The molecule has 3 atom stereocenters. The summed E-state index contributed by atoms with van der Waals surface area (Å²) >= 11 is 0. The van der Waals surface area contributed by atoms with Crippen molar-refractivity contribution >= 4 is 5.91 Å². The van der Waals surface area contributed by atoms with E-state index >= 15 is 0 Å². The first kappa shape index (κ1) is 12.2. The zero-order valence-corrected chi connectivity index (χ0v) is 11.7. The zero-order valence-electron chi connectivity index (χ0n) is 11.7. The quantitative estimate of drug-likeness (QED) is 0.840. The number of aromatic nitrogens is 3. The Labute approximate surface area is 116 Å². The fourth-order valence-electron chi connectivity index (χ4n) is 4.35. The summed E-state index contributed by atoms with van der Waals surface area (Å²) in [6.07, 6.45) is 3.98. The van der Waals surface area contributed by atoms with E-state index < -0.39 is 0 Å². The molecule has 0 radical (unpaired) electrons. The molecule has 20 heavy (non-hydrogen) atoms. The summed E-state index contributed by atoms with van der Waals surface area (Å²) in [5.74, 6) is 2.79. The van der Waals surface area contributed by atoms with E-state index in [1.807, 2.05) is 4.90 Å². The number of rotatable bonds is 2. The topological polar surface area (TPSA) is 81.8 Å². The molecule has 2 aliphatic carbocycles. The fraction of sp³-hybridized carbons (Fsp3) is 0.786. The smallest absolute Gasteiger partial charge is 0.340 e. The summed E-state index contributed by atoms with van der Waals surface area (Å²) in [5.41, 5.74) is -0.214. The molecule has 4 rings (SSSR count). The molecule has 6 heteroatoms. The maximum atomic E-state index is 12.6. The molecule has 1 aromatic heterocycles. The number of amides is 1. The van der Waals surface area contributed by atoms with Gasteiger partial charge in [0.1, 0.15) is 5.82 Å². The number of H-pyrrole nitrogens is 2. The molecule has 1 aliphatic heterocycles. The number of carbonyl (C=O) groups excluding carboxylic acids is 1. The Morgan fingerprint density at radius 1 is 1.35 bits per heavy atom. The summed E-state index contributed by atoms with van der Waals surface area (Å²) in [6.45, 7) is 3.84. The molecule has 6 nitrogen and oxygen atoms in total. The lowest BCUT2D eigenvalue weighted by Gasteiger charge is -2.38. The van der Waals surface area contributed by atoms with Crippen molar-refractivity contribution in [1.82, 2.24) is 20.1 Å². The van der Waals surface area contributed by atoms with Crippen molar-refractivity contribution in [2.45, 2.75) is 38.5 Å². The number of aromatic amines is 2. The van der Waals surface area contributed by atoms with Crippen LogP contribution >= 0.6 is 0 Å². The van der Waals surface area contributed by atoms with Crippen LogP contribution in [0.3, 0.4) is 0 Å². The molecule has 1 aromatic rings. The van der Waals surface area contributed by atoms with Crippen molar-refractivity contribution in [3.05, 3.63) is 16.3 Å². The van der Waals surface area contributed by atoms with Crippen LogP contribution < -0.4 is 5.69 Å². The van der Waals surface area contributed by atoms with Crippen LogP contribution in [0, 0.1) is 17.3 Å². The van der Waals surface area contributed by atoms with E-state index in [9.17, 15) is 9.59 Å². The van der Waals surface area contributed by atoms with Gasteiger partial charge in [0.15, 0.2) is 0 Å². The van der Waals surface area contributed by atoms with Gasteiger partial charge in [-0.2, -0.15) is 5.10 Å². The SMILES string of the molecule is C[C@@H]1C[C@]2(C(=O)N3CCC(c4n[nH]c(=O)[nH]4)CC3)C[C@H]12. The minimum Gasteiger partial charge on any atom is -0.342 e. The van der Waals surface area contributed by atoms with Gasteiger partial charge in [-0.3, -0.25) is 9.78 Å². The lowest BCUT2D eigenvalue weighted by molar-refractivity contribution is -0.142. The summed E-state index contributed by atoms with van der Waals surface area (Å²) in [7, 11) is 0. The van der Waals surface area contributed by atoms with E-state index in [1.54, 1.807) is 0 Å². The van der Waals surface area contributed by atoms with Gasteiger partial charge < -0.3 is 4.90 Å². The molecule has 2 N–H and O–H groups in total. The average molecular weight is 276 g/mol. The molecular weight excluding hydrogens is 256 g/mol. The third-order valence-corrected chi connectivity index (χ3v) is 5.62. The van der Waals surface area contributed by atoms with Gasteiger partial charge in [-0.15, -0.1) is 0 Å². The van der Waals surface area contributed by atoms with Crippen LogP contribution in [0.2, 0.25) is 0 Å². The minimum absolute atomic E-state index is 0.0346. The zero-order chi connectivity index (χ0) is 13.9. The lowest BCUT2D eigenvalue weighted by Crippen LogP contribution is -2.46. The van der Waals surface area contributed by atoms with Crippen LogP contribution in [-0.4, -0.2) is 39.1 Å². The Bertz CT molecular complexity index is 598. The number of hydrogen-bond acceptors (Lipinski definition) is 3. The van der Waals surface area contributed by atoms with Crippen molar-refractivity contribution in [3.8, 4) is 0 Å². The Balaban J connectivity index is 1.38. The van der Waals surface area contributed by atoms with Crippen molar-refractivity contribution in [1.29, 1.82) is 0 Å². The second-order valence-corrected chi connectivity index (χ2v) is 6.78. The number of hydrogen-bond donors (Lipinski definition) is 2. The predicted molar refractivity (Wildman–Crippen MR) is 72.1 cm³/mol. The van der Waals surface area contributed by atoms with Crippen LogP contribution in [0.5, 0.6) is 0 Å². The fourth-order valence-corrected chi connectivity index (χ4v) is 4.35. The average Bonchev–Trinajstić information content (AvgIpc) is 2.86. The van der Waals surface area contributed by atoms with Gasteiger partial charge in [-0.1, -0.05) is 6.92 Å². The molecular formula is C14H20N4O2. The molecule has 3 fully saturated rings. The third-order valence-electron chi connectivity index (χ3n) is 5.62. The minimum atomic E-state index is -0.248. The van der Waals surface area contributed by atoms with Gasteiger partial charge in [0.25, 0.3) is 0 Å². The predicted octanol–water partition coefficient (Wildman–Crippen LogP) is 0.850. The number of nitrogens with one attached hydrogen (secondary N) is 2. The van der Waals surface area contributed by atoms with Gasteiger partial charge >= 0.3 is 5.69 Å². The van der Waals surface area contributed by atoms with Crippen LogP contribution in [0.25, 0.3) is 0 Å². The van der Waals surface area contributed by atoms with Gasteiger partial charge in [0.2, 0.25) is 5.91 Å². The largest absolute Gasteiger partial charge is 0.342 e. The van der Waals surface area contributed by atoms with Crippen molar-refractivity contribution in [2.24, 2.45) is 17.3 Å². The maximum Gasteiger partial charge on any atom is 0.340 e. The van der Waals surface area contributed by atoms with Gasteiger partial charge in [0, 0.05) is 19.0 Å². The molecule has 108 valence electrons. The summed E-state index contributed by atoms with van der Waals surface area (Å²) in [4.78, 5) is 28.4. The Morgan fingerprint density at radius 3 is 2.60 bits per heavy atom. The highest BCUT2D eigenvalue weighted by molar-refractivity contribution is 5.87. The van der Waals surface area contributed by atoms with Gasteiger partial charge in [-0.05, 0) is 37.5 Å². The van der Waals surface area contributed by atoms with E-state index in [2.05, 4.69) is 22.1 Å². The van der Waals surface area contributed by atoms with E-state index in [1.165, 1.54) is 0 Å². The monoisotopic (exact) mass is 276 g/mol. The van der Waals surface area contributed by atoms with E-state index in [4.69, 9.17) is 0 Å². The highest BCUT2D eigenvalue weighted by Gasteiger charge is 2.70. The number of fused-ring (bicyclic) bond motifs is 1. The van der Waals surface area contributed by atoms with Crippen LogP contribution in [0.15, 0.2) is 4.79 Å². The first-order chi connectivity index (χ1) is 9.60. The van der Waals surface area contributed by atoms with E-state index in [0.717, 1.165) is 50.5 Å². The molecule has 2 heterocycles. The molecule has 0 bridgehead atoms. The molecule has 0 aromatic carbocycles. The van der Waals surface area contributed by atoms with Crippen molar-refractivity contribution in [2.75, 3.05) is 13.1 Å². The highest BCUT2D eigenvalue weighted by Crippen LogP contribution is 2.71. The number of piperidine rings is 1. The molecule has 3 aliphatic rings. The molecule has 2 saturated carbocycles. The number of likely N-dealkylation sites (tertiary alicyclic amines) is 1. The molecule has 0 unspecified atom stereocenters. The van der Waals surface area contributed by atoms with E-state index in [0.29, 0.717) is 11.8 Å². The Kier molecular flexibility index (Phi) is 2.41. The van der Waals surface area contributed by atoms with Gasteiger partial charge in [-0.25, -0.2) is 9.89 Å². The summed E-state index contributed by atoms with van der Waals surface area (Å²) in [6, 6.07) is 0. The maximum absolute atomic E-state index is 12.6. The first-order valence-corrected chi connectivity index (χ1v) is 7.54. The van der Waals surface area contributed by atoms with Crippen molar-refractivity contribution in [3.63, 3.8) is 0 Å². The van der Waals surface area contributed by atoms with Crippen LogP contribution in [-0.2, 0) is 4.79 Å². The standard InChI is InChI=1S/C14H20N4O2/c1-8-6-14(7-10(8)14)12(19)18-4-2-9(3-5-18)11-15-13(20)17-16-11/h8-10H,2-7H2,1H3,(H2,15,16,17,20)/t8-,10-,14+/m1/s1. The summed E-state index contributed by atoms with van der Waals surface area (Å²) in [5, 5.41) is 6.42. The molecule has 1 saturated heterocycles. The Hall–Kier alpha value is -1.59. The molecule has 1 amide bonds. The highest BCUT2D eigenvalue weighted by atomic mass is 16.2. The third kappa shape index (κ3) is 1.60. The first-order valence-electron chi connectivity index (χ1n) is 7.54. The van der Waals surface area contributed by atoms with Crippen molar-refractivity contribution < 1.29 is 4.79 Å². The van der Waals surface area contributed by atoms with Crippen LogP contribution in [0.4, 0.5) is 0 Å². The second-order valence-electron chi connectivity index (χ2n) is 6.78. The Morgan fingerprint density at radius 2 is 2.10 bits per heavy atom.